The molecule has 2 heterocycles. The third-order valence-electron chi connectivity index (χ3n) is 3.68. The zero-order valence-electron chi connectivity index (χ0n) is 11.9. The molecular formula is C15H18N4S. The van der Waals surface area contributed by atoms with E-state index in [2.05, 4.69) is 46.6 Å². The zero-order chi connectivity index (χ0) is 14.1. The van der Waals surface area contributed by atoms with Crippen molar-refractivity contribution in [1.29, 1.82) is 0 Å². The Morgan fingerprint density at radius 2 is 2.15 bits per heavy atom. The first-order valence-corrected chi connectivity index (χ1v) is 7.56. The number of hydrogen-bond acceptors (Lipinski definition) is 4. The molecule has 0 aliphatic rings. The van der Waals surface area contributed by atoms with Gasteiger partial charge >= 0.3 is 0 Å². The summed E-state index contributed by atoms with van der Waals surface area (Å²) in [5.41, 5.74) is 5.33. The number of likely N-dealkylation sites (N-methyl/N-ethyl adjacent to an activating group) is 1. The number of hydrogen-bond donors (Lipinski definition) is 1. The summed E-state index contributed by atoms with van der Waals surface area (Å²) >= 11 is 1.71. The molecule has 0 saturated heterocycles. The van der Waals surface area contributed by atoms with Gasteiger partial charge in [-0.2, -0.15) is 5.10 Å². The van der Waals surface area contributed by atoms with Gasteiger partial charge < -0.3 is 5.32 Å². The van der Waals surface area contributed by atoms with E-state index >= 15 is 0 Å². The van der Waals surface area contributed by atoms with Gasteiger partial charge in [0.2, 0.25) is 0 Å². The molecule has 0 amide bonds. The average Bonchev–Trinajstić information content (AvgIpc) is 3.01. The maximum absolute atomic E-state index is 4.68. The Morgan fingerprint density at radius 1 is 1.35 bits per heavy atom. The topological polar surface area (TPSA) is 42.7 Å². The minimum absolute atomic E-state index is 0.265. The Morgan fingerprint density at radius 3 is 2.85 bits per heavy atom. The summed E-state index contributed by atoms with van der Waals surface area (Å²) in [6, 6.07) is 8.64. The van der Waals surface area contributed by atoms with Crippen LogP contribution in [0.3, 0.4) is 0 Å². The van der Waals surface area contributed by atoms with Gasteiger partial charge in [-0.25, -0.2) is 4.98 Å². The average molecular weight is 286 g/mol. The first-order chi connectivity index (χ1) is 9.70. The zero-order valence-corrected chi connectivity index (χ0v) is 12.7. The molecule has 3 aromatic rings. The number of nitrogens with zero attached hydrogens (tertiary/aromatic N) is 3. The lowest BCUT2D eigenvalue weighted by molar-refractivity contribution is 0.584. The van der Waals surface area contributed by atoms with Gasteiger partial charge in [0.1, 0.15) is 0 Å². The van der Waals surface area contributed by atoms with E-state index < -0.39 is 0 Å². The van der Waals surface area contributed by atoms with Crippen LogP contribution in [0.1, 0.15) is 22.3 Å². The van der Waals surface area contributed by atoms with Gasteiger partial charge in [0.15, 0.2) is 0 Å². The van der Waals surface area contributed by atoms with Crippen LogP contribution in [0.25, 0.3) is 10.9 Å². The third kappa shape index (κ3) is 2.23. The fraction of sp³-hybridized carbons (Fsp3) is 0.333. The molecule has 4 nitrogen and oxygen atoms in total. The Labute approximate surface area is 122 Å². The van der Waals surface area contributed by atoms with Gasteiger partial charge in [0.25, 0.3) is 0 Å². The van der Waals surface area contributed by atoms with E-state index in [0.29, 0.717) is 0 Å². The highest BCUT2D eigenvalue weighted by atomic mass is 32.1. The van der Waals surface area contributed by atoms with Gasteiger partial charge in [-0.1, -0.05) is 18.2 Å². The van der Waals surface area contributed by atoms with Crippen molar-refractivity contribution in [2.75, 3.05) is 7.05 Å². The molecule has 1 aromatic carbocycles. The molecule has 1 unspecified atom stereocenters. The molecule has 5 heteroatoms. The maximum Gasteiger partial charge on any atom is 0.0798 e. The highest BCUT2D eigenvalue weighted by molar-refractivity contribution is 7.09. The molecule has 3 rings (SSSR count). The second-order valence-electron chi connectivity index (χ2n) is 4.93. The lowest BCUT2D eigenvalue weighted by Crippen LogP contribution is -2.19. The van der Waals surface area contributed by atoms with Crippen molar-refractivity contribution < 1.29 is 0 Å². The Hall–Kier alpha value is -1.72. The van der Waals surface area contributed by atoms with E-state index in [0.717, 1.165) is 17.8 Å². The summed E-state index contributed by atoms with van der Waals surface area (Å²) in [6.07, 6.45) is 0.876. The fourth-order valence-electron chi connectivity index (χ4n) is 2.60. The van der Waals surface area contributed by atoms with E-state index in [-0.39, 0.29) is 6.04 Å². The van der Waals surface area contributed by atoms with E-state index in [4.69, 9.17) is 0 Å². The van der Waals surface area contributed by atoms with Crippen LogP contribution in [0.2, 0.25) is 0 Å². The van der Waals surface area contributed by atoms with Crippen LogP contribution in [0.5, 0.6) is 0 Å². The highest BCUT2D eigenvalue weighted by Crippen LogP contribution is 2.27. The van der Waals surface area contributed by atoms with Crippen LogP contribution in [0, 0.1) is 6.92 Å². The molecule has 20 heavy (non-hydrogen) atoms. The lowest BCUT2D eigenvalue weighted by atomic mass is 10.1. The van der Waals surface area contributed by atoms with Gasteiger partial charge in [-0.3, -0.25) is 4.68 Å². The second-order valence-corrected chi connectivity index (χ2v) is 5.82. The van der Waals surface area contributed by atoms with Crippen LogP contribution in [0.4, 0.5) is 0 Å². The third-order valence-corrected chi connectivity index (χ3v) is 4.72. The Balaban J connectivity index is 1.98. The number of rotatable bonds is 4. The monoisotopic (exact) mass is 286 g/mol. The number of thiazole rings is 1. The second kappa shape index (κ2) is 5.34. The minimum atomic E-state index is 0.265. The first-order valence-electron chi connectivity index (χ1n) is 6.68. The molecule has 1 N–H and O–H groups in total. The minimum Gasteiger partial charge on any atom is -0.312 e. The number of aromatic nitrogens is 3. The Bertz CT molecular complexity index is 728. The van der Waals surface area contributed by atoms with Crippen molar-refractivity contribution in [2.24, 2.45) is 7.05 Å². The van der Waals surface area contributed by atoms with Crippen LogP contribution in [-0.4, -0.2) is 21.8 Å². The number of benzene rings is 1. The number of aryl methyl sites for hydroxylation is 2. The maximum atomic E-state index is 4.68. The summed E-state index contributed by atoms with van der Waals surface area (Å²) in [5, 5.41) is 9.30. The van der Waals surface area contributed by atoms with Crippen molar-refractivity contribution in [2.45, 2.75) is 19.4 Å². The van der Waals surface area contributed by atoms with Gasteiger partial charge in [0, 0.05) is 29.8 Å². The highest BCUT2D eigenvalue weighted by Gasteiger charge is 2.18. The first kappa shape index (κ1) is 13.3. The Kier molecular flexibility index (Phi) is 3.54. The van der Waals surface area contributed by atoms with E-state index in [1.165, 1.54) is 15.8 Å². The van der Waals surface area contributed by atoms with Crippen LogP contribution in [-0.2, 0) is 13.5 Å². The number of fused-ring (bicyclic) bond motifs is 1. The molecule has 2 aromatic heterocycles. The number of nitrogens with one attached hydrogen (secondary N) is 1. The van der Waals surface area contributed by atoms with Crippen molar-refractivity contribution in [3.8, 4) is 0 Å². The van der Waals surface area contributed by atoms with Crippen LogP contribution >= 0.6 is 11.3 Å². The SMILES string of the molecule is CNC(Cc1nn(C)c2ccccc12)c1scnc1C. The quantitative estimate of drug-likeness (QED) is 0.802. The van der Waals surface area contributed by atoms with Crippen LogP contribution < -0.4 is 5.32 Å². The lowest BCUT2D eigenvalue weighted by Gasteiger charge is -2.14. The number of para-hydroxylation sites is 1. The van der Waals surface area contributed by atoms with Gasteiger partial charge in [0.05, 0.1) is 22.4 Å². The summed E-state index contributed by atoms with van der Waals surface area (Å²) in [4.78, 5) is 5.64. The normalized spacial score (nSPS) is 12.9. The fourth-order valence-corrected chi connectivity index (χ4v) is 3.52. The molecule has 0 saturated carbocycles. The van der Waals surface area contributed by atoms with Crippen molar-refractivity contribution in [3.63, 3.8) is 0 Å². The van der Waals surface area contributed by atoms with E-state index in [1.807, 2.05) is 24.3 Å². The predicted molar refractivity (Wildman–Crippen MR) is 83.1 cm³/mol. The summed E-state index contributed by atoms with van der Waals surface area (Å²) in [6.45, 7) is 2.06. The molecule has 0 aliphatic heterocycles. The van der Waals surface area contributed by atoms with Gasteiger partial charge in [-0.05, 0) is 20.0 Å². The summed E-state index contributed by atoms with van der Waals surface area (Å²) < 4.78 is 1.96. The smallest absolute Gasteiger partial charge is 0.0798 e. The summed E-state index contributed by atoms with van der Waals surface area (Å²) in [7, 11) is 3.99. The molecule has 104 valence electrons. The van der Waals surface area contributed by atoms with Crippen molar-refractivity contribution >= 4 is 22.2 Å². The standard InChI is InChI=1S/C15H18N4S/c1-10-15(20-9-17-10)13(16-2)8-12-11-6-4-5-7-14(11)19(3)18-12/h4-7,9,13,16H,8H2,1-3H3. The predicted octanol–water partition coefficient (Wildman–Crippen LogP) is 2.84. The molecular weight excluding hydrogens is 268 g/mol. The largest absolute Gasteiger partial charge is 0.312 e. The van der Waals surface area contributed by atoms with Crippen molar-refractivity contribution in [3.05, 3.63) is 46.0 Å². The molecule has 0 fully saturated rings. The molecule has 1 atom stereocenters. The van der Waals surface area contributed by atoms with E-state index in [9.17, 15) is 0 Å². The molecule has 0 radical (unpaired) electrons. The molecule has 0 aliphatic carbocycles. The molecule has 0 bridgehead atoms. The summed E-state index contributed by atoms with van der Waals surface area (Å²) in [5.74, 6) is 0. The van der Waals surface area contributed by atoms with Crippen molar-refractivity contribution in [1.82, 2.24) is 20.1 Å². The van der Waals surface area contributed by atoms with E-state index in [1.54, 1.807) is 11.3 Å². The van der Waals surface area contributed by atoms with Crippen LogP contribution in [0.15, 0.2) is 29.8 Å². The molecule has 0 spiro atoms. The van der Waals surface area contributed by atoms with Gasteiger partial charge in [-0.15, -0.1) is 11.3 Å².